The molecule has 0 spiro atoms. The lowest BCUT2D eigenvalue weighted by atomic mass is 9.73. The van der Waals surface area contributed by atoms with Gasteiger partial charge < -0.3 is 15.7 Å². The highest BCUT2D eigenvalue weighted by Gasteiger charge is 2.38. The minimum Gasteiger partial charge on any atom is -0.508 e. The minimum absolute atomic E-state index is 0.0729. The Morgan fingerprint density at radius 2 is 1.74 bits per heavy atom. The number of carbonyl (C=O) groups is 1. The summed E-state index contributed by atoms with van der Waals surface area (Å²) in [6.07, 6.45) is 1.34. The quantitative estimate of drug-likeness (QED) is 0.650. The molecule has 0 fully saturated rings. The smallest absolute Gasteiger partial charge is 0.163 e. The molecule has 140 valence electrons. The van der Waals surface area contributed by atoms with Crippen LogP contribution in [0.25, 0.3) is 0 Å². The Kier molecular flexibility index (Phi) is 4.02. The van der Waals surface area contributed by atoms with Crippen molar-refractivity contribution >= 4 is 17.2 Å². The summed E-state index contributed by atoms with van der Waals surface area (Å²) < 4.78 is 0. The fourth-order valence-corrected chi connectivity index (χ4v) is 4.16. The topological polar surface area (TPSA) is 61.4 Å². The molecule has 4 heteroatoms. The number of aromatic hydroxyl groups is 1. The van der Waals surface area contributed by atoms with Crippen LogP contribution in [-0.4, -0.2) is 10.9 Å². The first-order valence-corrected chi connectivity index (χ1v) is 9.43. The van der Waals surface area contributed by atoms with Crippen molar-refractivity contribution < 1.29 is 9.90 Å². The maximum Gasteiger partial charge on any atom is 0.163 e. The first kappa shape index (κ1) is 17.7. The second kappa shape index (κ2) is 6.15. The van der Waals surface area contributed by atoms with Gasteiger partial charge in [-0.1, -0.05) is 26.0 Å². The Morgan fingerprint density at radius 3 is 2.44 bits per heavy atom. The van der Waals surface area contributed by atoms with Crippen molar-refractivity contribution in [2.45, 2.75) is 46.6 Å². The molecule has 0 saturated carbocycles. The van der Waals surface area contributed by atoms with E-state index in [0.717, 1.165) is 34.6 Å². The molecule has 0 amide bonds. The molecule has 3 N–H and O–H groups in total. The zero-order valence-corrected chi connectivity index (χ0v) is 16.3. The van der Waals surface area contributed by atoms with Crippen molar-refractivity contribution in [2.75, 3.05) is 10.6 Å². The summed E-state index contributed by atoms with van der Waals surface area (Å²) in [6.45, 7) is 8.46. The lowest BCUT2D eigenvalue weighted by Gasteiger charge is -2.34. The third kappa shape index (κ3) is 3.20. The van der Waals surface area contributed by atoms with Crippen LogP contribution in [0.3, 0.4) is 0 Å². The van der Waals surface area contributed by atoms with Gasteiger partial charge in [0.25, 0.3) is 0 Å². The molecule has 2 aromatic rings. The van der Waals surface area contributed by atoms with Gasteiger partial charge in [-0.25, -0.2) is 0 Å². The fraction of sp³-hybridized carbons (Fsp3) is 0.348. The number of nitrogens with one attached hydrogen (secondary N) is 2. The van der Waals surface area contributed by atoms with E-state index in [9.17, 15) is 9.90 Å². The van der Waals surface area contributed by atoms with Crippen molar-refractivity contribution in [1.29, 1.82) is 0 Å². The number of aryl methyl sites for hydroxylation is 2. The summed E-state index contributed by atoms with van der Waals surface area (Å²) in [6, 6.07) is 11.2. The monoisotopic (exact) mass is 362 g/mol. The number of Topliss-reactive ketones (excluding diaryl/α,β-unsaturated/α-hetero) is 1. The van der Waals surface area contributed by atoms with Gasteiger partial charge in [0.05, 0.1) is 17.4 Å². The Morgan fingerprint density at radius 1 is 1.04 bits per heavy atom. The summed E-state index contributed by atoms with van der Waals surface area (Å²) in [4.78, 5) is 13.2. The van der Waals surface area contributed by atoms with Crippen LogP contribution in [0.4, 0.5) is 11.4 Å². The third-order valence-corrected chi connectivity index (χ3v) is 5.63. The highest BCUT2D eigenvalue weighted by molar-refractivity contribution is 6.01. The maximum atomic E-state index is 13.2. The van der Waals surface area contributed by atoms with E-state index >= 15 is 0 Å². The van der Waals surface area contributed by atoms with Crippen molar-refractivity contribution in [1.82, 2.24) is 0 Å². The molecule has 0 unspecified atom stereocenters. The van der Waals surface area contributed by atoms with Crippen molar-refractivity contribution in [2.24, 2.45) is 5.41 Å². The molecule has 27 heavy (non-hydrogen) atoms. The van der Waals surface area contributed by atoms with Gasteiger partial charge in [-0.05, 0) is 66.6 Å². The van der Waals surface area contributed by atoms with Crippen LogP contribution in [0.15, 0.2) is 47.7 Å². The molecule has 0 saturated heterocycles. The number of hydrogen-bond donors (Lipinski definition) is 3. The Labute approximate surface area is 160 Å². The van der Waals surface area contributed by atoms with Gasteiger partial charge in [0.2, 0.25) is 0 Å². The molecule has 4 nitrogen and oxygen atoms in total. The van der Waals surface area contributed by atoms with Crippen LogP contribution in [0, 0.1) is 19.3 Å². The number of carbonyl (C=O) groups excluding carboxylic acids is 1. The predicted octanol–water partition coefficient (Wildman–Crippen LogP) is 5.23. The van der Waals surface area contributed by atoms with E-state index in [1.165, 1.54) is 11.1 Å². The molecule has 0 bridgehead atoms. The number of fused-ring (bicyclic) bond motifs is 1. The summed E-state index contributed by atoms with van der Waals surface area (Å²) in [5.74, 6) is 0.369. The van der Waals surface area contributed by atoms with E-state index in [-0.39, 0.29) is 23.0 Å². The summed E-state index contributed by atoms with van der Waals surface area (Å²) >= 11 is 0. The highest BCUT2D eigenvalue weighted by atomic mass is 16.3. The molecule has 1 atom stereocenters. The molecule has 2 aromatic carbocycles. The van der Waals surface area contributed by atoms with Crippen LogP contribution in [0.1, 0.15) is 49.4 Å². The average molecular weight is 362 g/mol. The SMILES string of the molecule is Cc1cc2c(cc1C)N[C@@H](c1cccc(O)c1)C1=C(CC(C)(C)CC1=O)N2. The van der Waals surface area contributed by atoms with E-state index in [1.54, 1.807) is 12.1 Å². The van der Waals surface area contributed by atoms with Crippen LogP contribution >= 0.6 is 0 Å². The molecular weight excluding hydrogens is 336 g/mol. The number of allylic oxidation sites excluding steroid dienone is 1. The molecule has 4 rings (SSSR count). The number of rotatable bonds is 1. The molecule has 0 radical (unpaired) electrons. The highest BCUT2D eigenvalue weighted by Crippen LogP contribution is 2.46. The van der Waals surface area contributed by atoms with Gasteiger partial charge in [-0.3, -0.25) is 4.79 Å². The molecule has 1 aliphatic carbocycles. The van der Waals surface area contributed by atoms with Gasteiger partial charge in [0.1, 0.15) is 5.75 Å². The summed E-state index contributed by atoms with van der Waals surface area (Å²) in [5.41, 5.74) is 6.97. The van der Waals surface area contributed by atoms with E-state index < -0.39 is 0 Å². The lowest BCUT2D eigenvalue weighted by molar-refractivity contribution is -0.118. The van der Waals surface area contributed by atoms with Crippen molar-refractivity contribution in [3.05, 3.63) is 64.4 Å². The van der Waals surface area contributed by atoms with E-state index in [4.69, 9.17) is 0 Å². The molecule has 2 aliphatic rings. The minimum atomic E-state index is -0.286. The largest absolute Gasteiger partial charge is 0.508 e. The van der Waals surface area contributed by atoms with Crippen LogP contribution < -0.4 is 10.6 Å². The third-order valence-electron chi connectivity index (χ3n) is 5.63. The standard InChI is InChI=1S/C23H26N2O2/c1-13-8-17-18(9-14(13)2)25-22(15-6-5-7-16(26)10-15)21-19(24-17)11-23(3,4)12-20(21)27/h5-10,22,24-26H,11-12H2,1-4H3/t22-/m0/s1. The number of ketones is 1. The molecule has 1 heterocycles. The van der Waals surface area contributed by atoms with Gasteiger partial charge in [0.15, 0.2) is 5.78 Å². The predicted molar refractivity (Wildman–Crippen MR) is 109 cm³/mol. The maximum absolute atomic E-state index is 13.2. The van der Waals surface area contributed by atoms with Crippen LogP contribution in [0.5, 0.6) is 5.75 Å². The number of phenolic OH excluding ortho intramolecular Hbond substituents is 1. The summed E-state index contributed by atoms with van der Waals surface area (Å²) in [5, 5.41) is 17.1. The van der Waals surface area contributed by atoms with Gasteiger partial charge in [-0.2, -0.15) is 0 Å². The average Bonchev–Trinajstić information content (AvgIpc) is 2.71. The number of hydrogen-bond acceptors (Lipinski definition) is 4. The van der Waals surface area contributed by atoms with Crippen molar-refractivity contribution in [3.63, 3.8) is 0 Å². The van der Waals surface area contributed by atoms with Crippen LogP contribution in [-0.2, 0) is 4.79 Å². The van der Waals surface area contributed by atoms with Gasteiger partial charge >= 0.3 is 0 Å². The first-order valence-electron chi connectivity index (χ1n) is 9.43. The molecule has 1 aliphatic heterocycles. The summed E-state index contributed by atoms with van der Waals surface area (Å²) in [7, 11) is 0. The van der Waals surface area contributed by atoms with E-state index in [1.807, 2.05) is 12.1 Å². The second-order valence-corrected chi connectivity index (χ2v) is 8.61. The van der Waals surface area contributed by atoms with E-state index in [2.05, 4.69) is 50.5 Å². The van der Waals surface area contributed by atoms with Crippen LogP contribution in [0.2, 0.25) is 0 Å². The van der Waals surface area contributed by atoms with Gasteiger partial charge in [-0.15, -0.1) is 0 Å². The van der Waals surface area contributed by atoms with Crippen molar-refractivity contribution in [3.8, 4) is 5.75 Å². The second-order valence-electron chi connectivity index (χ2n) is 8.61. The number of anilines is 2. The zero-order chi connectivity index (χ0) is 19.3. The normalized spacial score (nSPS) is 20.9. The van der Waals surface area contributed by atoms with E-state index in [0.29, 0.717) is 6.42 Å². The lowest BCUT2D eigenvalue weighted by Crippen LogP contribution is -2.31. The first-order chi connectivity index (χ1) is 12.7. The Balaban J connectivity index is 1.91. The number of phenols is 1. The fourth-order valence-electron chi connectivity index (χ4n) is 4.16. The van der Waals surface area contributed by atoms with Gasteiger partial charge in [0, 0.05) is 17.7 Å². The molecule has 0 aromatic heterocycles. The zero-order valence-electron chi connectivity index (χ0n) is 16.3. The molecular formula is C23H26N2O2. The number of benzene rings is 2. The Bertz CT molecular complexity index is 972. The Hall–Kier alpha value is -2.75.